The number of amides is 1. The largest absolute Gasteiger partial charge is 0.490 e. The number of benzene rings is 3. The SMILES string of the molecule is CCOc1cc(/C=N/NC(=O)c2ccc(-n3c(C)ccc3-c3ccccc3)cc2)cc(Br)c1OC(C)C. The number of hydrogen-bond donors (Lipinski definition) is 1. The third-order valence-electron chi connectivity index (χ3n) is 5.60. The zero-order valence-corrected chi connectivity index (χ0v) is 23.0. The molecule has 6 nitrogen and oxygen atoms in total. The van der Waals surface area contributed by atoms with E-state index in [0.29, 0.717) is 23.7 Å². The summed E-state index contributed by atoms with van der Waals surface area (Å²) in [4.78, 5) is 12.7. The van der Waals surface area contributed by atoms with E-state index in [2.05, 4.69) is 62.2 Å². The standard InChI is InChI=1S/C30H30BrN3O3/c1-5-36-28-18-22(17-26(31)29(28)37-20(2)3)19-32-33-30(35)24-12-14-25(15-13-24)34-21(4)11-16-27(34)23-9-7-6-8-10-23/h6-20H,5H2,1-4H3,(H,33,35)/b32-19+. The Labute approximate surface area is 226 Å². The van der Waals surface area contributed by atoms with Crippen molar-refractivity contribution in [2.75, 3.05) is 6.61 Å². The molecule has 37 heavy (non-hydrogen) atoms. The number of rotatable bonds is 9. The van der Waals surface area contributed by atoms with Gasteiger partial charge in [0.2, 0.25) is 0 Å². The van der Waals surface area contributed by atoms with E-state index in [9.17, 15) is 4.79 Å². The molecule has 0 saturated carbocycles. The van der Waals surface area contributed by atoms with Crippen molar-refractivity contribution in [1.29, 1.82) is 0 Å². The molecule has 3 aromatic carbocycles. The first-order valence-electron chi connectivity index (χ1n) is 12.2. The summed E-state index contributed by atoms with van der Waals surface area (Å²) in [6.45, 7) is 8.41. The molecule has 4 aromatic rings. The van der Waals surface area contributed by atoms with E-state index in [1.54, 1.807) is 18.3 Å². The number of hydrazone groups is 1. The number of nitrogens with zero attached hydrogens (tertiary/aromatic N) is 2. The van der Waals surface area contributed by atoms with Crippen LogP contribution in [-0.2, 0) is 0 Å². The van der Waals surface area contributed by atoms with Gasteiger partial charge in [-0.25, -0.2) is 5.43 Å². The highest BCUT2D eigenvalue weighted by Gasteiger charge is 2.14. The molecular weight excluding hydrogens is 530 g/mol. The third-order valence-corrected chi connectivity index (χ3v) is 6.19. The number of ether oxygens (including phenoxy) is 2. The van der Waals surface area contributed by atoms with Crippen molar-refractivity contribution in [2.45, 2.75) is 33.8 Å². The van der Waals surface area contributed by atoms with Crippen LogP contribution >= 0.6 is 15.9 Å². The van der Waals surface area contributed by atoms with E-state index in [-0.39, 0.29) is 12.0 Å². The van der Waals surface area contributed by atoms with Crippen molar-refractivity contribution in [3.05, 3.63) is 100 Å². The molecule has 1 aromatic heterocycles. The van der Waals surface area contributed by atoms with Gasteiger partial charge in [0, 0.05) is 16.9 Å². The second-order valence-corrected chi connectivity index (χ2v) is 9.59. The maximum absolute atomic E-state index is 12.7. The first-order valence-corrected chi connectivity index (χ1v) is 13.0. The quantitative estimate of drug-likeness (QED) is 0.175. The van der Waals surface area contributed by atoms with Gasteiger partial charge in [-0.05, 0) is 103 Å². The van der Waals surface area contributed by atoms with Crippen LogP contribution in [0.3, 0.4) is 0 Å². The molecule has 0 aliphatic rings. The smallest absolute Gasteiger partial charge is 0.271 e. The van der Waals surface area contributed by atoms with Crippen LogP contribution in [0, 0.1) is 6.92 Å². The summed E-state index contributed by atoms with van der Waals surface area (Å²) in [7, 11) is 0. The lowest BCUT2D eigenvalue weighted by molar-refractivity contribution is 0.0955. The van der Waals surface area contributed by atoms with Crippen LogP contribution in [0.2, 0.25) is 0 Å². The minimum Gasteiger partial charge on any atom is -0.490 e. The first-order chi connectivity index (χ1) is 17.9. The van der Waals surface area contributed by atoms with Crippen LogP contribution in [0.15, 0.2) is 88.4 Å². The van der Waals surface area contributed by atoms with Crippen molar-refractivity contribution < 1.29 is 14.3 Å². The molecule has 1 heterocycles. The molecule has 0 bridgehead atoms. The number of carbonyl (C=O) groups excluding carboxylic acids is 1. The van der Waals surface area contributed by atoms with Gasteiger partial charge in [-0.1, -0.05) is 30.3 Å². The molecular formula is C30H30BrN3O3. The number of nitrogens with one attached hydrogen (secondary N) is 1. The maximum Gasteiger partial charge on any atom is 0.271 e. The summed E-state index contributed by atoms with van der Waals surface area (Å²) in [5.41, 5.74) is 8.22. The summed E-state index contributed by atoms with van der Waals surface area (Å²) in [6.07, 6.45) is 1.58. The van der Waals surface area contributed by atoms with Gasteiger partial charge in [0.1, 0.15) is 0 Å². The minimum absolute atomic E-state index is 0.00653. The lowest BCUT2D eigenvalue weighted by Gasteiger charge is -2.16. The van der Waals surface area contributed by atoms with E-state index < -0.39 is 0 Å². The second-order valence-electron chi connectivity index (χ2n) is 8.74. The maximum atomic E-state index is 12.7. The molecule has 0 saturated heterocycles. The van der Waals surface area contributed by atoms with Crippen LogP contribution < -0.4 is 14.9 Å². The number of aromatic nitrogens is 1. The van der Waals surface area contributed by atoms with Crippen LogP contribution in [0.25, 0.3) is 16.9 Å². The zero-order chi connectivity index (χ0) is 26.4. The van der Waals surface area contributed by atoms with E-state index >= 15 is 0 Å². The predicted molar refractivity (Wildman–Crippen MR) is 152 cm³/mol. The minimum atomic E-state index is -0.292. The molecule has 1 N–H and O–H groups in total. The molecule has 0 aliphatic heterocycles. The predicted octanol–water partition coefficient (Wildman–Crippen LogP) is 7.17. The lowest BCUT2D eigenvalue weighted by Crippen LogP contribution is -2.17. The molecule has 0 aliphatic carbocycles. The Bertz CT molecular complexity index is 1390. The van der Waals surface area contributed by atoms with Gasteiger partial charge >= 0.3 is 0 Å². The highest BCUT2D eigenvalue weighted by atomic mass is 79.9. The van der Waals surface area contributed by atoms with Crippen LogP contribution in [0.5, 0.6) is 11.5 Å². The van der Waals surface area contributed by atoms with E-state index in [0.717, 1.165) is 32.7 Å². The Morgan fingerprint density at radius 1 is 1.05 bits per heavy atom. The molecule has 0 fully saturated rings. The molecule has 1 amide bonds. The van der Waals surface area contributed by atoms with Gasteiger partial charge in [0.25, 0.3) is 5.91 Å². The molecule has 0 radical (unpaired) electrons. The Kier molecular flexibility index (Phi) is 8.46. The second kappa shape index (κ2) is 11.9. The Morgan fingerprint density at radius 2 is 1.78 bits per heavy atom. The average Bonchev–Trinajstić information content (AvgIpc) is 3.28. The Morgan fingerprint density at radius 3 is 2.46 bits per heavy atom. The van der Waals surface area contributed by atoms with Crippen molar-refractivity contribution in [1.82, 2.24) is 9.99 Å². The van der Waals surface area contributed by atoms with Crippen LogP contribution in [0.4, 0.5) is 0 Å². The Hall–Kier alpha value is -3.84. The highest BCUT2D eigenvalue weighted by Crippen LogP contribution is 2.37. The highest BCUT2D eigenvalue weighted by molar-refractivity contribution is 9.10. The Balaban J connectivity index is 1.48. The van der Waals surface area contributed by atoms with Gasteiger partial charge in [-0.2, -0.15) is 5.10 Å². The van der Waals surface area contributed by atoms with Crippen LogP contribution in [0.1, 0.15) is 42.4 Å². The zero-order valence-electron chi connectivity index (χ0n) is 21.4. The summed E-state index contributed by atoms with van der Waals surface area (Å²) in [5, 5.41) is 4.14. The van der Waals surface area contributed by atoms with Crippen molar-refractivity contribution in [3.8, 4) is 28.4 Å². The lowest BCUT2D eigenvalue weighted by atomic mass is 10.1. The number of aryl methyl sites for hydroxylation is 1. The molecule has 0 atom stereocenters. The van der Waals surface area contributed by atoms with E-state index in [4.69, 9.17) is 9.47 Å². The molecule has 4 rings (SSSR count). The van der Waals surface area contributed by atoms with Gasteiger partial charge in [-0.3, -0.25) is 4.79 Å². The van der Waals surface area contributed by atoms with E-state index in [1.165, 1.54) is 0 Å². The molecule has 0 unspecified atom stereocenters. The van der Waals surface area contributed by atoms with Crippen molar-refractivity contribution in [2.24, 2.45) is 5.10 Å². The normalized spacial score (nSPS) is 11.2. The number of hydrogen-bond acceptors (Lipinski definition) is 4. The summed E-state index contributed by atoms with van der Waals surface area (Å²) >= 11 is 3.55. The van der Waals surface area contributed by atoms with Gasteiger partial charge in [0.05, 0.1) is 29.1 Å². The third kappa shape index (κ3) is 6.30. The molecule has 190 valence electrons. The molecule has 0 spiro atoms. The monoisotopic (exact) mass is 559 g/mol. The summed E-state index contributed by atoms with van der Waals surface area (Å²) in [5.74, 6) is 0.967. The van der Waals surface area contributed by atoms with Crippen molar-refractivity contribution >= 4 is 28.1 Å². The fraction of sp³-hybridized carbons (Fsp3) is 0.200. The van der Waals surface area contributed by atoms with Gasteiger partial charge in [0.15, 0.2) is 11.5 Å². The van der Waals surface area contributed by atoms with Gasteiger partial charge < -0.3 is 14.0 Å². The van der Waals surface area contributed by atoms with Crippen molar-refractivity contribution in [3.63, 3.8) is 0 Å². The first kappa shape index (κ1) is 26.2. The van der Waals surface area contributed by atoms with Gasteiger partial charge in [-0.15, -0.1) is 0 Å². The molecule has 7 heteroatoms. The summed E-state index contributed by atoms with van der Waals surface area (Å²) in [6, 6.07) is 25.6. The summed E-state index contributed by atoms with van der Waals surface area (Å²) < 4.78 is 14.5. The number of halogens is 1. The van der Waals surface area contributed by atoms with E-state index in [1.807, 2.05) is 63.2 Å². The average molecular weight is 560 g/mol. The fourth-order valence-corrected chi connectivity index (χ4v) is 4.54. The topological polar surface area (TPSA) is 64.8 Å². The van der Waals surface area contributed by atoms with Crippen LogP contribution in [-0.4, -0.2) is 29.4 Å². The fourth-order valence-electron chi connectivity index (χ4n) is 3.98. The number of carbonyl (C=O) groups is 1.